The number of carbonyl (C=O) groups excluding carboxylic acids is 4. The highest BCUT2D eigenvalue weighted by molar-refractivity contribution is 6.31. The first-order valence-electron chi connectivity index (χ1n) is 11.2. The van der Waals surface area contributed by atoms with Crippen molar-refractivity contribution in [1.29, 1.82) is 0 Å². The van der Waals surface area contributed by atoms with E-state index in [1.807, 2.05) is 6.92 Å². The van der Waals surface area contributed by atoms with E-state index in [0.717, 1.165) is 6.42 Å². The van der Waals surface area contributed by atoms with E-state index < -0.39 is 18.5 Å². The van der Waals surface area contributed by atoms with E-state index in [4.69, 9.17) is 21.1 Å². The summed E-state index contributed by atoms with van der Waals surface area (Å²) >= 11 is 5.95. The minimum Gasteiger partial charge on any atom is -0.495 e. The number of hydrogen-bond donors (Lipinski definition) is 1. The lowest BCUT2D eigenvalue weighted by Crippen LogP contribution is -2.33. The van der Waals surface area contributed by atoms with Gasteiger partial charge in [0.25, 0.3) is 5.91 Å². The zero-order chi connectivity index (χ0) is 24.9. The molecule has 2 fully saturated rings. The highest BCUT2D eigenvalue weighted by atomic mass is 35.5. The molecule has 2 aromatic carbocycles. The second kappa shape index (κ2) is 8.85. The maximum atomic E-state index is 13.1. The third-order valence-electron chi connectivity index (χ3n) is 7.01. The standard InChI is InChI=1S/C26H23ClN2O6/c1-13-9-15-10-18(13)23-22(15)24(31)29(25(23)32)17-6-3-14(4-7-17)26(33)35-12-21(30)28-19-11-16(27)5-8-20(19)34-2/h3-9,11,15,18,22-23H,10,12H2,1-2H3,(H,28,30)/t15-,18+,22-,23+/m0/s1. The largest absolute Gasteiger partial charge is 0.495 e. The summed E-state index contributed by atoms with van der Waals surface area (Å²) in [6.45, 7) is 1.51. The number of allylic oxidation sites excluding steroid dienone is 2. The van der Waals surface area contributed by atoms with Gasteiger partial charge in [-0.15, -0.1) is 0 Å². The molecule has 4 atom stereocenters. The Morgan fingerprint density at radius 3 is 2.51 bits per heavy atom. The number of halogens is 1. The van der Waals surface area contributed by atoms with Crippen molar-refractivity contribution < 1.29 is 28.7 Å². The van der Waals surface area contributed by atoms with Gasteiger partial charge in [-0.2, -0.15) is 0 Å². The van der Waals surface area contributed by atoms with Crippen molar-refractivity contribution in [2.45, 2.75) is 13.3 Å². The van der Waals surface area contributed by atoms with Gasteiger partial charge in [-0.05, 0) is 67.6 Å². The third-order valence-corrected chi connectivity index (χ3v) is 7.25. The molecular formula is C26H23ClN2O6. The molecule has 2 aliphatic carbocycles. The average molecular weight is 495 g/mol. The number of hydrogen-bond acceptors (Lipinski definition) is 6. The number of esters is 1. The molecule has 1 aliphatic heterocycles. The van der Waals surface area contributed by atoms with E-state index in [1.165, 1.54) is 35.8 Å². The number of carbonyl (C=O) groups is 4. The average Bonchev–Trinajstić information content (AvgIpc) is 3.48. The Morgan fingerprint density at radius 2 is 1.80 bits per heavy atom. The van der Waals surface area contributed by atoms with Crippen molar-refractivity contribution in [3.63, 3.8) is 0 Å². The summed E-state index contributed by atoms with van der Waals surface area (Å²) in [5, 5.41) is 3.00. The Hall–Kier alpha value is -3.65. The third kappa shape index (κ3) is 3.97. The molecule has 0 radical (unpaired) electrons. The van der Waals surface area contributed by atoms with Gasteiger partial charge in [0.2, 0.25) is 11.8 Å². The number of amides is 3. The number of nitrogens with one attached hydrogen (secondary N) is 1. The molecule has 5 rings (SSSR count). The first kappa shape index (κ1) is 23.1. The lowest BCUT2D eigenvalue weighted by Gasteiger charge is -2.19. The van der Waals surface area contributed by atoms with Crippen molar-refractivity contribution in [3.05, 3.63) is 64.7 Å². The minimum absolute atomic E-state index is 0.124. The van der Waals surface area contributed by atoms with Gasteiger partial charge < -0.3 is 14.8 Å². The Balaban J connectivity index is 1.21. The predicted molar refractivity (Wildman–Crippen MR) is 128 cm³/mol. The predicted octanol–water partition coefficient (Wildman–Crippen LogP) is 3.85. The molecule has 3 amide bonds. The molecule has 2 aromatic rings. The second-order valence-electron chi connectivity index (χ2n) is 9.00. The molecule has 0 unspecified atom stereocenters. The van der Waals surface area contributed by atoms with Crippen molar-refractivity contribution in [2.24, 2.45) is 23.7 Å². The molecule has 2 bridgehead atoms. The number of nitrogens with zero attached hydrogens (tertiary/aromatic N) is 1. The van der Waals surface area contributed by atoms with Crippen LogP contribution in [0.1, 0.15) is 23.7 Å². The minimum atomic E-state index is -0.710. The first-order valence-corrected chi connectivity index (χ1v) is 11.6. The number of rotatable bonds is 6. The van der Waals surface area contributed by atoms with Crippen LogP contribution in [0.4, 0.5) is 11.4 Å². The van der Waals surface area contributed by atoms with Crippen LogP contribution in [0.15, 0.2) is 54.1 Å². The van der Waals surface area contributed by atoms with Gasteiger partial charge in [0.15, 0.2) is 6.61 Å². The summed E-state index contributed by atoms with van der Waals surface area (Å²) in [5.41, 5.74) is 2.16. The fourth-order valence-electron chi connectivity index (χ4n) is 5.45. The number of benzene rings is 2. The van der Waals surface area contributed by atoms with Crippen LogP contribution < -0.4 is 15.0 Å². The quantitative estimate of drug-likeness (QED) is 0.372. The van der Waals surface area contributed by atoms with Gasteiger partial charge in [-0.25, -0.2) is 4.79 Å². The summed E-state index contributed by atoms with van der Waals surface area (Å²) in [7, 11) is 1.46. The molecule has 9 heteroatoms. The molecule has 1 saturated heterocycles. The maximum absolute atomic E-state index is 13.1. The highest BCUT2D eigenvalue weighted by Crippen LogP contribution is 2.55. The van der Waals surface area contributed by atoms with Gasteiger partial charge in [0.05, 0.1) is 35.9 Å². The second-order valence-corrected chi connectivity index (χ2v) is 9.43. The summed E-state index contributed by atoms with van der Waals surface area (Å²) in [6, 6.07) is 10.8. The zero-order valence-corrected chi connectivity index (χ0v) is 19.9. The highest BCUT2D eigenvalue weighted by Gasteiger charge is 2.60. The Morgan fingerprint density at radius 1 is 1.09 bits per heavy atom. The number of methoxy groups -OCH3 is 1. The molecule has 0 aromatic heterocycles. The smallest absolute Gasteiger partial charge is 0.338 e. The van der Waals surface area contributed by atoms with Gasteiger partial charge in [-0.1, -0.05) is 23.3 Å². The SMILES string of the molecule is COc1ccc(Cl)cc1NC(=O)COC(=O)c1ccc(N2C(=O)[C@@H]3[C@H](C2=O)[C@@H]2C[C@@H]3C=C2C)cc1. The molecule has 8 nitrogen and oxygen atoms in total. The lowest BCUT2D eigenvalue weighted by molar-refractivity contribution is -0.123. The summed E-state index contributed by atoms with van der Waals surface area (Å²) in [6.07, 6.45) is 2.99. The topological polar surface area (TPSA) is 102 Å². The van der Waals surface area contributed by atoms with Crippen molar-refractivity contribution in [3.8, 4) is 5.75 Å². The van der Waals surface area contributed by atoms with Crippen LogP contribution in [0.5, 0.6) is 5.75 Å². The molecule has 1 saturated carbocycles. The molecule has 1 heterocycles. The molecule has 3 aliphatic rings. The van der Waals surface area contributed by atoms with Crippen LogP contribution in [0, 0.1) is 23.7 Å². The fourth-order valence-corrected chi connectivity index (χ4v) is 5.63. The van der Waals surface area contributed by atoms with Crippen LogP contribution in [0.2, 0.25) is 5.02 Å². The van der Waals surface area contributed by atoms with Crippen molar-refractivity contribution in [1.82, 2.24) is 0 Å². The number of imide groups is 1. The number of anilines is 2. The van der Waals surface area contributed by atoms with E-state index in [-0.39, 0.29) is 41.0 Å². The van der Waals surface area contributed by atoms with E-state index in [1.54, 1.807) is 24.3 Å². The van der Waals surface area contributed by atoms with E-state index in [2.05, 4.69) is 11.4 Å². The normalized spacial score (nSPS) is 24.3. The van der Waals surface area contributed by atoms with Crippen molar-refractivity contribution in [2.75, 3.05) is 23.9 Å². The maximum Gasteiger partial charge on any atom is 0.338 e. The van der Waals surface area contributed by atoms with Crippen LogP contribution in [-0.4, -0.2) is 37.4 Å². The Labute approximate surface area is 206 Å². The van der Waals surface area contributed by atoms with E-state index >= 15 is 0 Å². The first-order chi connectivity index (χ1) is 16.8. The molecule has 35 heavy (non-hydrogen) atoms. The number of fused-ring (bicyclic) bond motifs is 5. The monoisotopic (exact) mass is 494 g/mol. The summed E-state index contributed by atoms with van der Waals surface area (Å²) < 4.78 is 10.3. The summed E-state index contributed by atoms with van der Waals surface area (Å²) in [5.74, 6) is -1.54. The van der Waals surface area contributed by atoms with Crippen LogP contribution in [0.25, 0.3) is 0 Å². The molecule has 1 N–H and O–H groups in total. The van der Waals surface area contributed by atoms with Gasteiger partial charge >= 0.3 is 5.97 Å². The fraction of sp³-hybridized carbons (Fsp3) is 0.308. The summed E-state index contributed by atoms with van der Waals surface area (Å²) in [4.78, 5) is 52.0. The molecular weight excluding hydrogens is 472 g/mol. The van der Waals surface area contributed by atoms with Crippen molar-refractivity contribution >= 4 is 46.7 Å². The van der Waals surface area contributed by atoms with Gasteiger partial charge in [0.1, 0.15) is 5.75 Å². The van der Waals surface area contributed by atoms with E-state index in [0.29, 0.717) is 22.1 Å². The van der Waals surface area contributed by atoms with Crippen LogP contribution >= 0.6 is 11.6 Å². The lowest BCUT2D eigenvalue weighted by atomic mass is 9.82. The molecule has 0 spiro atoms. The Bertz CT molecular complexity index is 1270. The zero-order valence-electron chi connectivity index (χ0n) is 19.1. The van der Waals surface area contributed by atoms with Gasteiger partial charge in [0, 0.05) is 5.02 Å². The number of ether oxygens (including phenoxy) is 2. The van der Waals surface area contributed by atoms with E-state index in [9.17, 15) is 19.2 Å². The van der Waals surface area contributed by atoms with Crippen LogP contribution in [0.3, 0.4) is 0 Å². The van der Waals surface area contributed by atoms with Crippen LogP contribution in [-0.2, 0) is 19.1 Å². The van der Waals surface area contributed by atoms with Gasteiger partial charge in [-0.3, -0.25) is 19.3 Å². The Kier molecular flexibility index (Phi) is 5.84. The molecule has 180 valence electrons.